The largest absolute Gasteiger partial charge is 0.358 e. The van der Waals surface area contributed by atoms with Gasteiger partial charge < -0.3 is 29.2 Å². The summed E-state index contributed by atoms with van der Waals surface area (Å²) in [5.41, 5.74) is 1.92. The second kappa shape index (κ2) is 16.6. The van der Waals surface area contributed by atoms with Gasteiger partial charge in [0.1, 0.15) is 18.5 Å². The zero-order chi connectivity index (χ0) is 29.7. The Labute approximate surface area is 238 Å². The van der Waals surface area contributed by atoms with Crippen LogP contribution in [0.4, 0.5) is 5.82 Å². The van der Waals surface area contributed by atoms with Crippen LogP contribution in [0.3, 0.4) is 0 Å². The molecule has 2 aliphatic rings. The first-order chi connectivity index (χ1) is 19.3. The standard InChI is InChI=1S/C19H27N3O4.C10H12N2.C2H6/c1-13(2)18(19(25)22-7-3-4-15(22)12-24)16-10-17(20-26-16)21-8-5-14(11-23)6-9-21;1-8(12-2)10-5-3-9(7-11)4-6-10;1-2/h10-15,18H,3-9H2,1-2H3;3-6,8,12H,1-2H3;1-2H3. The number of piperidine rings is 1. The van der Waals surface area contributed by atoms with Crippen LogP contribution < -0.4 is 10.2 Å². The van der Waals surface area contributed by atoms with Crippen LogP contribution in [-0.4, -0.2) is 61.3 Å². The predicted molar refractivity (Wildman–Crippen MR) is 156 cm³/mol. The molecular weight excluding hydrogens is 506 g/mol. The minimum atomic E-state index is -0.440. The molecule has 3 unspecified atom stereocenters. The molecule has 0 radical (unpaired) electrons. The first kappa shape index (κ1) is 32.7. The number of aldehydes is 2. The summed E-state index contributed by atoms with van der Waals surface area (Å²) in [7, 11) is 1.92. The molecule has 2 fully saturated rings. The summed E-state index contributed by atoms with van der Waals surface area (Å²) in [5, 5.41) is 15.9. The molecule has 9 nitrogen and oxygen atoms in total. The Bertz CT molecular complexity index is 1100. The molecule has 0 saturated carbocycles. The zero-order valence-corrected chi connectivity index (χ0v) is 24.8. The van der Waals surface area contributed by atoms with Gasteiger partial charge in [0.05, 0.1) is 17.7 Å². The Hall–Kier alpha value is -3.51. The van der Waals surface area contributed by atoms with Gasteiger partial charge in [0.15, 0.2) is 11.6 Å². The SMILES string of the molecule is CC.CC(C)C(C(=O)N1CCCC1C=O)c1cc(N2CCC(C=O)CC2)no1.CNC(C)c1ccc(C#N)cc1. The lowest BCUT2D eigenvalue weighted by Crippen LogP contribution is -2.40. The summed E-state index contributed by atoms with van der Waals surface area (Å²) in [6.07, 6.45) is 5.10. The van der Waals surface area contributed by atoms with Crippen LogP contribution >= 0.6 is 0 Å². The zero-order valence-electron chi connectivity index (χ0n) is 24.8. The van der Waals surface area contributed by atoms with Crippen LogP contribution in [0.2, 0.25) is 0 Å². The topological polar surface area (TPSA) is 120 Å². The number of rotatable bonds is 8. The maximum Gasteiger partial charge on any atom is 0.234 e. The molecule has 40 heavy (non-hydrogen) atoms. The summed E-state index contributed by atoms with van der Waals surface area (Å²) in [6, 6.07) is 11.6. The lowest BCUT2D eigenvalue weighted by molar-refractivity contribution is -0.137. The van der Waals surface area contributed by atoms with E-state index in [4.69, 9.17) is 9.78 Å². The molecule has 218 valence electrons. The number of amides is 1. The second-order valence-corrected chi connectivity index (χ2v) is 10.4. The number of carbonyl (C=O) groups excluding carboxylic acids is 3. The molecule has 4 rings (SSSR count). The van der Waals surface area contributed by atoms with Gasteiger partial charge in [-0.1, -0.05) is 45.0 Å². The van der Waals surface area contributed by atoms with Crippen LogP contribution in [0.25, 0.3) is 0 Å². The number of hydrogen-bond donors (Lipinski definition) is 1. The Kier molecular flexibility index (Phi) is 13.5. The average Bonchev–Trinajstić information content (AvgIpc) is 3.68. The van der Waals surface area contributed by atoms with E-state index in [1.54, 1.807) is 4.90 Å². The first-order valence-electron chi connectivity index (χ1n) is 14.4. The second-order valence-electron chi connectivity index (χ2n) is 10.4. The van der Waals surface area contributed by atoms with Crippen molar-refractivity contribution < 1.29 is 18.9 Å². The summed E-state index contributed by atoms with van der Waals surface area (Å²) < 4.78 is 5.55. The third kappa shape index (κ3) is 8.49. The van der Waals surface area contributed by atoms with E-state index in [2.05, 4.69) is 28.4 Å². The Morgan fingerprint density at radius 1 is 1.07 bits per heavy atom. The number of aromatic nitrogens is 1. The molecule has 0 spiro atoms. The lowest BCUT2D eigenvalue weighted by atomic mass is 9.91. The lowest BCUT2D eigenvalue weighted by Gasteiger charge is -2.29. The molecule has 9 heteroatoms. The van der Waals surface area contributed by atoms with E-state index in [1.165, 1.54) is 5.56 Å². The maximum absolute atomic E-state index is 13.1. The van der Waals surface area contributed by atoms with E-state index < -0.39 is 5.92 Å². The van der Waals surface area contributed by atoms with Gasteiger partial charge in [0, 0.05) is 37.7 Å². The fourth-order valence-corrected chi connectivity index (χ4v) is 4.97. The molecule has 1 N–H and O–H groups in total. The average molecular weight is 552 g/mol. The van der Waals surface area contributed by atoms with Crippen LogP contribution in [0, 0.1) is 23.2 Å². The highest BCUT2D eigenvalue weighted by Crippen LogP contribution is 2.32. The first-order valence-corrected chi connectivity index (χ1v) is 14.4. The molecule has 2 aromatic rings. The molecule has 0 aliphatic carbocycles. The van der Waals surface area contributed by atoms with Gasteiger partial charge in [0.2, 0.25) is 5.91 Å². The number of carbonyl (C=O) groups is 3. The highest BCUT2D eigenvalue weighted by molar-refractivity contribution is 5.86. The number of benzene rings is 1. The van der Waals surface area contributed by atoms with E-state index in [0.29, 0.717) is 23.9 Å². The van der Waals surface area contributed by atoms with Crippen molar-refractivity contribution in [2.75, 3.05) is 31.6 Å². The van der Waals surface area contributed by atoms with Crippen LogP contribution in [-0.2, 0) is 14.4 Å². The molecule has 1 aromatic carbocycles. The summed E-state index contributed by atoms with van der Waals surface area (Å²) in [6.45, 7) is 12.2. The maximum atomic E-state index is 13.1. The number of likely N-dealkylation sites (tertiary alicyclic amines) is 1. The van der Waals surface area contributed by atoms with Crippen LogP contribution in [0.1, 0.15) is 89.1 Å². The number of nitriles is 1. The molecule has 2 saturated heterocycles. The van der Waals surface area contributed by atoms with Gasteiger partial charge >= 0.3 is 0 Å². The highest BCUT2D eigenvalue weighted by Gasteiger charge is 2.37. The smallest absolute Gasteiger partial charge is 0.234 e. The van der Waals surface area contributed by atoms with Crippen molar-refractivity contribution in [1.82, 2.24) is 15.4 Å². The van der Waals surface area contributed by atoms with Gasteiger partial charge in [-0.05, 0) is 63.3 Å². The van der Waals surface area contributed by atoms with Crippen molar-refractivity contribution in [3.63, 3.8) is 0 Å². The Balaban J connectivity index is 0.000000336. The highest BCUT2D eigenvalue weighted by atomic mass is 16.5. The van der Waals surface area contributed by atoms with Gasteiger partial charge in [-0.3, -0.25) is 4.79 Å². The van der Waals surface area contributed by atoms with E-state index >= 15 is 0 Å². The van der Waals surface area contributed by atoms with Gasteiger partial charge in [-0.2, -0.15) is 5.26 Å². The van der Waals surface area contributed by atoms with Gasteiger partial charge in [-0.25, -0.2) is 0 Å². The number of anilines is 1. The van der Waals surface area contributed by atoms with Crippen molar-refractivity contribution >= 4 is 24.3 Å². The van der Waals surface area contributed by atoms with Crippen LogP contribution in [0.15, 0.2) is 34.9 Å². The fraction of sp³-hybridized carbons (Fsp3) is 0.581. The summed E-state index contributed by atoms with van der Waals surface area (Å²) in [5.74, 6) is 0.932. The molecule has 3 atom stereocenters. The van der Waals surface area contributed by atoms with Gasteiger partial charge in [-0.15, -0.1) is 0 Å². The summed E-state index contributed by atoms with van der Waals surface area (Å²) in [4.78, 5) is 39.0. The van der Waals surface area contributed by atoms with Crippen molar-refractivity contribution in [3.05, 3.63) is 47.2 Å². The third-order valence-corrected chi connectivity index (χ3v) is 7.52. The third-order valence-electron chi connectivity index (χ3n) is 7.52. The Morgan fingerprint density at radius 3 is 2.25 bits per heavy atom. The number of nitrogens with one attached hydrogen (secondary N) is 1. The van der Waals surface area contributed by atoms with Crippen molar-refractivity contribution in [2.45, 2.75) is 78.3 Å². The van der Waals surface area contributed by atoms with Crippen molar-refractivity contribution in [1.29, 1.82) is 5.26 Å². The van der Waals surface area contributed by atoms with E-state index in [9.17, 15) is 14.4 Å². The van der Waals surface area contributed by atoms with E-state index in [-0.39, 0.29) is 23.8 Å². The number of hydrogen-bond acceptors (Lipinski definition) is 8. The quantitative estimate of drug-likeness (QED) is 0.461. The molecule has 0 bridgehead atoms. The van der Waals surface area contributed by atoms with Crippen molar-refractivity contribution in [3.8, 4) is 6.07 Å². The number of nitrogens with zero attached hydrogens (tertiary/aromatic N) is 4. The minimum Gasteiger partial charge on any atom is -0.358 e. The minimum absolute atomic E-state index is 0.0389. The normalized spacial score (nSPS) is 18.5. The fourth-order valence-electron chi connectivity index (χ4n) is 4.97. The van der Waals surface area contributed by atoms with Crippen molar-refractivity contribution in [2.24, 2.45) is 11.8 Å². The van der Waals surface area contributed by atoms with Gasteiger partial charge in [0.25, 0.3) is 0 Å². The molecule has 3 heterocycles. The molecule has 1 amide bonds. The van der Waals surface area contributed by atoms with Crippen LogP contribution in [0.5, 0.6) is 0 Å². The molecule has 1 aromatic heterocycles. The molecular formula is C31H45N5O4. The monoisotopic (exact) mass is 551 g/mol. The Morgan fingerprint density at radius 2 is 1.73 bits per heavy atom. The predicted octanol–water partition coefficient (Wildman–Crippen LogP) is 4.88. The molecule has 2 aliphatic heterocycles. The van der Waals surface area contributed by atoms with E-state index in [0.717, 1.165) is 57.2 Å². The summed E-state index contributed by atoms with van der Waals surface area (Å²) >= 11 is 0. The van der Waals surface area contributed by atoms with E-state index in [1.807, 2.05) is 65.1 Å².